The van der Waals surface area contributed by atoms with Crippen LogP contribution in [0.5, 0.6) is 0 Å². The van der Waals surface area contributed by atoms with Crippen LogP contribution in [0.2, 0.25) is 0 Å². The molecule has 0 heterocycles. The molecule has 0 unspecified atom stereocenters. The fourth-order valence-corrected chi connectivity index (χ4v) is 1.17. The molecule has 0 aliphatic heterocycles. The highest BCUT2D eigenvalue weighted by atomic mass is 19.1. The highest BCUT2D eigenvalue weighted by molar-refractivity contribution is 4.73. The van der Waals surface area contributed by atoms with Gasteiger partial charge in [0, 0.05) is 6.04 Å². The molecule has 0 spiro atoms. The van der Waals surface area contributed by atoms with Gasteiger partial charge in [-0.05, 0) is 25.7 Å². The number of hydrogen-bond acceptors (Lipinski definition) is 1. The third-order valence-electron chi connectivity index (χ3n) is 1.65. The van der Waals surface area contributed by atoms with E-state index in [1.807, 2.05) is 0 Å². The maximum atomic E-state index is 12.4. The van der Waals surface area contributed by atoms with Crippen molar-refractivity contribution in [3.05, 3.63) is 0 Å². The van der Waals surface area contributed by atoms with Crippen molar-refractivity contribution in [2.75, 3.05) is 0 Å². The van der Waals surface area contributed by atoms with Gasteiger partial charge in [0.2, 0.25) is 0 Å². The quantitative estimate of drug-likeness (QED) is 0.507. The van der Waals surface area contributed by atoms with E-state index in [0.717, 1.165) is 19.3 Å². The maximum Gasteiger partial charge on any atom is 0.102 e. The summed E-state index contributed by atoms with van der Waals surface area (Å²) in [5, 5.41) is 0. The molecule has 2 atom stereocenters. The van der Waals surface area contributed by atoms with Gasteiger partial charge in [-0.3, -0.25) is 0 Å². The van der Waals surface area contributed by atoms with Gasteiger partial charge in [-0.25, -0.2) is 4.39 Å². The Morgan fingerprint density at radius 1 is 1.38 bits per heavy atom. The zero-order chi connectivity index (χ0) is 5.98. The van der Waals surface area contributed by atoms with E-state index in [2.05, 4.69) is 0 Å². The van der Waals surface area contributed by atoms with E-state index >= 15 is 0 Å². The first-order valence-corrected chi connectivity index (χ1v) is 3.18. The Kier molecular flexibility index (Phi) is 1.84. The molecule has 1 aliphatic rings. The van der Waals surface area contributed by atoms with E-state index < -0.39 is 6.17 Å². The number of hydrogen-bond donors (Lipinski definition) is 1. The standard InChI is InChI=1S/C6H12FN/c7-5-2-1-3-6(8)4-5/h5-6H,1-4,8H2/t5-,6+/m0/s1. The second kappa shape index (κ2) is 2.44. The third kappa shape index (κ3) is 1.44. The summed E-state index contributed by atoms with van der Waals surface area (Å²) >= 11 is 0. The smallest absolute Gasteiger partial charge is 0.102 e. The molecule has 0 aromatic rings. The Morgan fingerprint density at radius 3 is 2.50 bits per heavy atom. The van der Waals surface area contributed by atoms with Crippen molar-refractivity contribution in [2.24, 2.45) is 5.73 Å². The van der Waals surface area contributed by atoms with Crippen LogP contribution in [0.3, 0.4) is 0 Å². The minimum Gasteiger partial charge on any atom is -0.328 e. The van der Waals surface area contributed by atoms with Crippen LogP contribution in [0.25, 0.3) is 0 Å². The SMILES string of the molecule is N[C@@H]1CCC[C@H](F)C1. The van der Waals surface area contributed by atoms with Gasteiger partial charge < -0.3 is 5.73 Å². The summed E-state index contributed by atoms with van der Waals surface area (Å²) in [6, 6.07) is 0.138. The Balaban J connectivity index is 2.23. The third-order valence-corrected chi connectivity index (χ3v) is 1.65. The molecule has 0 aromatic heterocycles. The lowest BCUT2D eigenvalue weighted by molar-refractivity contribution is 0.232. The van der Waals surface area contributed by atoms with Crippen molar-refractivity contribution < 1.29 is 4.39 Å². The predicted molar refractivity (Wildman–Crippen MR) is 31.3 cm³/mol. The Labute approximate surface area is 49.1 Å². The highest BCUT2D eigenvalue weighted by Gasteiger charge is 2.17. The first-order valence-electron chi connectivity index (χ1n) is 3.18. The predicted octanol–water partition coefficient (Wildman–Crippen LogP) is 1.23. The molecular formula is C6H12FN. The van der Waals surface area contributed by atoms with Crippen LogP contribution in [-0.2, 0) is 0 Å². The normalized spacial score (nSPS) is 39.8. The lowest BCUT2D eigenvalue weighted by atomic mass is 9.95. The van der Waals surface area contributed by atoms with E-state index in [9.17, 15) is 4.39 Å². The minimum absolute atomic E-state index is 0.138. The molecule has 1 nitrogen and oxygen atoms in total. The van der Waals surface area contributed by atoms with Crippen molar-refractivity contribution >= 4 is 0 Å². The van der Waals surface area contributed by atoms with Gasteiger partial charge in [0.05, 0.1) is 0 Å². The molecular weight excluding hydrogens is 105 g/mol. The summed E-state index contributed by atoms with van der Waals surface area (Å²) in [5.41, 5.74) is 5.49. The topological polar surface area (TPSA) is 26.0 Å². The summed E-state index contributed by atoms with van der Waals surface area (Å²) in [7, 11) is 0. The zero-order valence-corrected chi connectivity index (χ0v) is 4.94. The van der Waals surface area contributed by atoms with Crippen LogP contribution in [0.1, 0.15) is 25.7 Å². The lowest BCUT2D eigenvalue weighted by Crippen LogP contribution is -2.28. The first kappa shape index (κ1) is 6.02. The second-order valence-electron chi connectivity index (χ2n) is 2.52. The van der Waals surface area contributed by atoms with E-state index in [1.165, 1.54) is 0 Å². The van der Waals surface area contributed by atoms with Crippen molar-refractivity contribution in [3.63, 3.8) is 0 Å². The van der Waals surface area contributed by atoms with Gasteiger partial charge >= 0.3 is 0 Å². The summed E-state index contributed by atoms with van der Waals surface area (Å²) in [6.45, 7) is 0. The van der Waals surface area contributed by atoms with Crippen molar-refractivity contribution in [2.45, 2.75) is 37.9 Å². The number of rotatable bonds is 0. The monoisotopic (exact) mass is 117 g/mol. The van der Waals surface area contributed by atoms with Crippen LogP contribution < -0.4 is 5.73 Å². The Bertz CT molecular complexity index is 66.9. The van der Waals surface area contributed by atoms with Crippen LogP contribution >= 0.6 is 0 Å². The van der Waals surface area contributed by atoms with E-state index in [0.29, 0.717) is 6.42 Å². The fourth-order valence-electron chi connectivity index (χ4n) is 1.17. The molecule has 0 aromatic carbocycles. The van der Waals surface area contributed by atoms with Gasteiger partial charge in [0.15, 0.2) is 0 Å². The molecule has 0 amide bonds. The fraction of sp³-hybridized carbons (Fsp3) is 1.00. The largest absolute Gasteiger partial charge is 0.328 e. The number of nitrogens with two attached hydrogens (primary N) is 1. The zero-order valence-electron chi connectivity index (χ0n) is 4.94. The van der Waals surface area contributed by atoms with Gasteiger partial charge in [-0.15, -0.1) is 0 Å². The summed E-state index contributed by atoms with van der Waals surface area (Å²) in [6.07, 6.45) is 2.69. The molecule has 1 saturated carbocycles. The average molecular weight is 117 g/mol. The second-order valence-corrected chi connectivity index (χ2v) is 2.52. The maximum absolute atomic E-state index is 12.4. The lowest BCUT2D eigenvalue weighted by Gasteiger charge is -2.19. The van der Waals surface area contributed by atoms with Gasteiger partial charge in [-0.2, -0.15) is 0 Å². The molecule has 0 saturated heterocycles. The van der Waals surface area contributed by atoms with Crippen LogP contribution in [0, 0.1) is 0 Å². The van der Waals surface area contributed by atoms with Crippen LogP contribution in [0.4, 0.5) is 4.39 Å². The van der Waals surface area contributed by atoms with Gasteiger partial charge in [0.1, 0.15) is 6.17 Å². The summed E-state index contributed by atoms with van der Waals surface area (Å²) in [5.74, 6) is 0. The molecule has 8 heavy (non-hydrogen) atoms. The van der Waals surface area contributed by atoms with Gasteiger partial charge in [-0.1, -0.05) is 0 Å². The molecule has 2 heteroatoms. The number of alkyl halides is 1. The van der Waals surface area contributed by atoms with Crippen molar-refractivity contribution in [3.8, 4) is 0 Å². The average Bonchev–Trinajstić information content (AvgIpc) is 1.64. The molecule has 1 rings (SSSR count). The van der Waals surface area contributed by atoms with Gasteiger partial charge in [0.25, 0.3) is 0 Å². The molecule has 0 bridgehead atoms. The Morgan fingerprint density at radius 2 is 2.12 bits per heavy atom. The molecule has 2 N–H and O–H groups in total. The molecule has 1 aliphatic carbocycles. The number of halogens is 1. The van der Waals surface area contributed by atoms with Crippen LogP contribution in [0.15, 0.2) is 0 Å². The summed E-state index contributed by atoms with van der Waals surface area (Å²) in [4.78, 5) is 0. The van der Waals surface area contributed by atoms with E-state index in [-0.39, 0.29) is 6.04 Å². The van der Waals surface area contributed by atoms with E-state index in [4.69, 9.17) is 5.73 Å². The molecule has 48 valence electrons. The van der Waals surface area contributed by atoms with Crippen molar-refractivity contribution in [1.82, 2.24) is 0 Å². The summed E-state index contributed by atoms with van der Waals surface area (Å²) < 4.78 is 12.4. The highest BCUT2D eigenvalue weighted by Crippen LogP contribution is 2.18. The van der Waals surface area contributed by atoms with Crippen molar-refractivity contribution in [1.29, 1.82) is 0 Å². The molecule has 0 radical (unpaired) electrons. The van der Waals surface area contributed by atoms with E-state index in [1.54, 1.807) is 0 Å². The van der Waals surface area contributed by atoms with Crippen LogP contribution in [-0.4, -0.2) is 12.2 Å². The minimum atomic E-state index is -0.612. The first-order chi connectivity index (χ1) is 3.79. The molecule has 1 fully saturated rings. The Hall–Kier alpha value is -0.110.